The third-order valence-corrected chi connectivity index (χ3v) is 6.18. The smallest absolute Gasteiger partial charge is 0.306 e. The maximum Gasteiger partial charge on any atom is 0.306 e. The Balaban J connectivity index is 1.78. The zero-order valence-corrected chi connectivity index (χ0v) is 22.0. The average Bonchev–Trinajstić information content (AvgIpc) is 2.86. The second kappa shape index (κ2) is 24.2. The Kier molecular flexibility index (Phi) is 21.5. The summed E-state index contributed by atoms with van der Waals surface area (Å²) in [5.74, 6) is -0.131. The summed E-state index contributed by atoms with van der Waals surface area (Å²) < 4.78 is 5.26. The van der Waals surface area contributed by atoms with Gasteiger partial charge in [-0.05, 0) is 44.6 Å². The van der Waals surface area contributed by atoms with Gasteiger partial charge in [-0.3, -0.25) is 9.78 Å². The van der Waals surface area contributed by atoms with Gasteiger partial charge in [0.05, 0.1) is 0 Å². The molecule has 0 N–H and O–H groups in total. The lowest BCUT2D eigenvalue weighted by Crippen LogP contribution is -2.04. The number of allylic oxidation sites excluding steroid dienone is 4. The zero-order chi connectivity index (χ0) is 24.4. The topological polar surface area (TPSA) is 39.2 Å². The molecule has 1 aromatic heterocycles. The molecule has 0 aliphatic heterocycles. The van der Waals surface area contributed by atoms with Gasteiger partial charge >= 0.3 is 5.97 Å². The van der Waals surface area contributed by atoms with Crippen LogP contribution >= 0.6 is 0 Å². The van der Waals surface area contributed by atoms with Gasteiger partial charge in [-0.1, -0.05) is 114 Å². The molecule has 3 heteroatoms. The van der Waals surface area contributed by atoms with Crippen molar-refractivity contribution in [1.29, 1.82) is 0 Å². The number of nitrogens with zero attached hydrogens (tertiary/aromatic N) is 1. The average molecular weight is 470 g/mol. The van der Waals surface area contributed by atoms with Gasteiger partial charge in [-0.15, -0.1) is 0 Å². The van der Waals surface area contributed by atoms with Crippen LogP contribution in [0.2, 0.25) is 0 Å². The number of esters is 1. The first-order valence-electron chi connectivity index (χ1n) is 14.2. The van der Waals surface area contributed by atoms with Crippen LogP contribution in [-0.4, -0.2) is 11.0 Å². The lowest BCUT2D eigenvalue weighted by atomic mass is 10.0. The van der Waals surface area contributed by atoms with Crippen molar-refractivity contribution in [2.24, 2.45) is 0 Å². The first-order valence-corrected chi connectivity index (χ1v) is 14.2. The molecule has 0 saturated heterocycles. The largest absolute Gasteiger partial charge is 0.461 e. The summed E-state index contributed by atoms with van der Waals surface area (Å²) in [6.45, 7) is 2.60. The van der Waals surface area contributed by atoms with Gasteiger partial charge in [-0.25, -0.2) is 0 Å². The van der Waals surface area contributed by atoms with Crippen molar-refractivity contribution in [2.45, 2.75) is 136 Å². The SMILES string of the molecule is CCCCCCCCCCCCCCC/C=C\CC/C=C\CCCC(=O)OCc1cccnc1. The number of carbonyl (C=O) groups is 1. The third-order valence-electron chi connectivity index (χ3n) is 6.18. The van der Waals surface area contributed by atoms with Gasteiger partial charge in [0, 0.05) is 24.4 Å². The molecule has 0 aromatic carbocycles. The summed E-state index contributed by atoms with van der Waals surface area (Å²) in [6.07, 6.45) is 36.6. The summed E-state index contributed by atoms with van der Waals surface area (Å²) >= 11 is 0. The molecule has 0 bridgehead atoms. The van der Waals surface area contributed by atoms with E-state index in [1.165, 1.54) is 89.9 Å². The minimum Gasteiger partial charge on any atom is -0.461 e. The van der Waals surface area contributed by atoms with E-state index in [1.807, 2.05) is 12.1 Å². The Bertz CT molecular complexity index is 624. The van der Waals surface area contributed by atoms with E-state index in [2.05, 4.69) is 36.2 Å². The molecule has 1 rings (SSSR count). The van der Waals surface area contributed by atoms with Gasteiger partial charge in [0.25, 0.3) is 0 Å². The molecule has 0 amide bonds. The van der Waals surface area contributed by atoms with E-state index in [4.69, 9.17) is 4.74 Å². The van der Waals surface area contributed by atoms with Crippen LogP contribution < -0.4 is 0 Å². The van der Waals surface area contributed by atoms with Crippen molar-refractivity contribution in [1.82, 2.24) is 4.98 Å². The maximum atomic E-state index is 11.7. The molecule has 1 aromatic rings. The molecule has 0 spiro atoms. The van der Waals surface area contributed by atoms with Crippen molar-refractivity contribution in [3.63, 3.8) is 0 Å². The molecular weight excluding hydrogens is 418 g/mol. The van der Waals surface area contributed by atoms with Crippen LogP contribution in [0.3, 0.4) is 0 Å². The van der Waals surface area contributed by atoms with Gasteiger partial charge in [0.2, 0.25) is 0 Å². The Morgan fingerprint density at radius 3 is 1.82 bits per heavy atom. The fourth-order valence-corrected chi connectivity index (χ4v) is 4.03. The summed E-state index contributed by atoms with van der Waals surface area (Å²) in [6, 6.07) is 3.76. The highest BCUT2D eigenvalue weighted by Crippen LogP contribution is 2.13. The number of unbranched alkanes of at least 4 members (excludes halogenated alkanes) is 15. The number of hydrogen-bond acceptors (Lipinski definition) is 3. The van der Waals surface area contributed by atoms with Crippen LogP contribution in [-0.2, 0) is 16.1 Å². The monoisotopic (exact) mass is 469 g/mol. The van der Waals surface area contributed by atoms with Crippen molar-refractivity contribution >= 4 is 5.97 Å². The molecule has 0 atom stereocenters. The molecule has 0 radical (unpaired) electrons. The zero-order valence-electron chi connectivity index (χ0n) is 22.0. The minimum absolute atomic E-state index is 0.131. The minimum atomic E-state index is -0.131. The van der Waals surface area contributed by atoms with E-state index in [9.17, 15) is 4.79 Å². The summed E-state index contributed by atoms with van der Waals surface area (Å²) in [4.78, 5) is 15.8. The van der Waals surface area contributed by atoms with Crippen LogP contribution in [0, 0.1) is 0 Å². The highest BCUT2D eigenvalue weighted by molar-refractivity contribution is 5.69. The number of aromatic nitrogens is 1. The number of carbonyl (C=O) groups excluding carboxylic acids is 1. The Labute approximate surface area is 210 Å². The van der Waals surface area contributed by atoms with Crippen molar-refractivity contribution < 1.29 is 9.53 Å². The highest BCUT2D eigenvalue weighted by Gasteiger charge is 2.02. The lowest BCUT2D eigenvalue weighted by molar-refractivity contribution is -0.145. The van der Waals surface area contributed by atoms with Gasteiger partial charge in [0.1, 0.15) is 6.61 Å². The summed E-state index contributed by atoms with van der Waals surface area (Å²) in [7, 11) is 0. The molecule has 3 nitrogen and oxygen atoms in total. The number of rotatable bonds is 23. The van der Waals surface area contributed by atoms with E-state index < -0.39 is 0 Å². The molecule has 0 aliphatic carbocycles. The predicted octanol–water partition coefficient (Wildman–Crippen LogP) is 9.67. The quantitative estimate of drug-likeness (QED) is 0.0909. The number of pyridine rings is 1. The van der Waals surface area contributed by atoms with Crippen molar-refractivity contribution in [3.05, 3.63) is 54.4 Å². The predicted molar refractivity (Wildman–Crippen MR) is 146 cm³/mol. The van der Waals surface area contributed by atoms with Crippen LogP contribution in [0.15, 0.2) is 48.8 Å². The van der Waals surface area contributed by atoms with Crippen LogP contribution in [0.25, 0.3) is 0 Å². The second-order valence-corrected chi connectivity index (χ2v) is 9.47. The molecule has 34 heavy (non-hydrogen) atoms. The fourth-order valence-electron chi connectivity index (χ4n) is 4.03. The van der Waals surface area contributed by atoms with Gasteiger partial charge < -0.3 is 4.74 Å². The molecule has 192 valence electrons. The maximum absolute atomic E-state index is 11.7. The Morgan fingerprint density at radius 2 is 1.26 bits per heavy atom. The molecule has 0 aliphatic rings. The van der Waals surface area contributed by atoms with Gasteiger partial charge in [-0.2, -0.15) is 0 Å². The lowest BCUT2D eigenvalue weighted by Gasteiger charge is -2.03. The fraction of sp³-hybridized carbons (Fsp3) is 0.677. The van der Waals surface area contributed by atoms with Crippen molar-refractivity contribution in [2.75, 3.05) is 0 Å². The van der Waals surface area contributed by atoms with Crippen LogP contribution in [0.1, 0.15) is 134 Å². The van der Waals surface area contributed by atoms with E-state index >= 15 is 0 Å². The number of hydrogen-bond donors (Lipinski definition) is 0. The highest BCUT2D eigenvalue weighted by atomic mass is 16.5. The van der Waals surface area contributed by atoms with Crippen molar-refractivity contribution in [3.8, 4) is 0 Å². The van der Waals surface area contributed by atoms with E-state index in [-0.39, 0.29) is 5.97 Å². The first-order chi connectivity index (χ1) is 16.8. The summed E-state index contributed by atoms with van der Waals surface area (Å²) in [5, 5.41) is 0. The third kappa shape index (κ3) is 20.7. The summed E-state index contributed by atoms with van der Waals surface area (Å²) in [5.41, 5.74) is 0.929. The van der Waals surface area contributed by atoms with E-state index in [0.29, 0.717) is 13.0 Å². The molecular formula is C31H51NO2. The molecule has 0 unspecified atom stereocenters. The molecule has 0 saturated carbocycles. The first kappa shape index (κ1) is 30.1. The Morgan fingerprint density at radius 1 is 0.735 bits per heavy atom. The Hall–Kier alpha value is -1.90. The van der Waals surface area contributed by atoms with E-state index in [0.717, 1.165) is 31.2 Å². The second-order valence-electron chi connectivity index (χ2n) is 9.47. The number of ether oxygens (including phenoxy) is 1. The van der Waals surface area contributed by atoms with Gasteiger partial charge in [0.15, 0.2) is 0 Å². The van der Waals surface area contributed by atoms with Crippen LogP contribution in [0.4, 0.5) is 0 Å². The molecule has 1 heterocycles. The standard InChI is InChI=1S/C31H51NO2/c1-2-3-4-5-6-7-8-9-10-11-12-13-14-15-16-17-18-19-20-21-22-23-26-31(33)34-29-30-25-24-27-32-28-30/h16-17,20-21,24-25,27-28H,2-15,18-19,22-23,26,29H2,1H3/b17-16-,21-20-. The molecule has 0 fully saturated rings. The normalized spacial score (nSPS) is 11.6. The van der Waals surface area contributed by atoms with Crippen LogP contribution in [0.5, 0.6) is 0 Å². The van der Waals surface area contributed by atoms with E-state index in [1.54, 1.807) is 12.4 Å².